The number of hydrogen-bond donors (Lipinski definition) is 2. The van der Waals surface area contributed by atoms with Gasteiger partial charge in [0.2, 0.25) is 0 Å². The molecule has 0 bridgehead atoms. The molecule has 0 atom stereocenters. The van der Waals surface area contributed by atoms with E-state index < -0.39 is 17.2 Å². The first-order valence-electron chi connectivity index (χ1n) is 11.1. The van der Waals surface area contributed by atoms with Gasteiger partial charge in [0, 0.05) is 26.8 Å². The second kappa shape index (κ2) is 11.2. The van der Waals surface area contributed by atoms with Crippen molar-refractivity contribution < 1.29 is 14.3 Å². The summed E-state index contributed by atoms with van der Waals surface area (Å²) in [5.74, 6) is 0.223. The maximum atomic E-state index is 13.3. The fourth-order valence-electron chi connectivity index (χ4n) is 3.54. The SMILES string of the molecule is COCCCN(C(=O)COc1ccccc1C(C)(C)C)c1c(N)n(CC(C)C)c(=O)[nH]c1=O. The van der Waals surface area contributed by atoms with Crippen LogP contribution in [0.3, 0.4) is 0 Å². The van der Waals surface area contributed by atoms with E-state index in [4.69, 9.17) is 15.2 Å². The number of nitrogens with one attached hydrogen (secondary N) is 1. The smallest absolute Gasteiger partial charge is 0.330 e. The van der Waals surface area contributed by atoms with Crippen LogP contribution in [-0.4, -0.2) is 42.3 Å². The van der Waals surface area contributed by atoms with Crippen LogP contribution in [0.2, 0.25) is 0 Å². The Morgan fingerprint density at radius 1 is 1.21 bits per heavy atom. The Labute approximate surface area is 194 Å². The molecule has 0 aliphatic carbocycles. The van der Waals surface area contributed by atoms with Crippen molar-refractivity contribution in [2.45, 2.75) is 53.0 Å². The molecular weight excluding hydrogens is 424 g/mol. The van der Waals surface area contributed by atoms with Crippen LogP contribution in [0.15, 0.2) is 33.9 Å². The molecular formula is C24H36N4O5. The maximum absolute atomic E-state index is 13.3. The van der Waals surface area contributed by atoms with E-state index in [0.29, 0.717) is 25.3 Å². The number of nitrogens with two attached hydrogens (primary N) is 1. The molecule has 0 radical (unpaired) electrons. The third-order valence-electron chi connectivity index (χ3n) is 5.11. The first kappa shape index (κ1) is 26.2. The lowest BCUT2D eigenvalue weighted by molar-refractivity contribution is -0.120. The number of aromatic nitrogens is 2. The molecule has 33 heavy (non-hydrogen) atoms. The highest BCUT2D eigenvalue weighted by atomic mass is 16.5. The fraction of sp³-hybridized carbons (Fsp3) is 0.542. The zero-order chi connectivity index (χ0) is 24.8. The molecule has 0 unspecified atom stereocenters. The lowest BCUT2D eigenvalue weighted by Gasteiger charge is -2.26. The number of amides is 1. The number of benzene rings is 1. The van der Waals surface area contributed by atoms with Crippen LogP contribution in [0, 0.1) is 5.92 Å². The van der Waals surface area contributed by atoms with E-state index in [2.05, 4.69) is 25.8 Å². The fourth-order valence-corrected chi connectivity index (χ4v) is 3.54. The van der Waals surface area contributed by atoms with Gasteiger partial charge in [-0.3, -0.25) is 19.1 Å². The van der Waals surface area contributed by atoms with Gasteiger partial charge in [-0.25, -0.2) is 4.79 Å². The second-order valence-electron chi connectivity index (χ2n) is 9.42. The van der Waals surface area contributed by atoms with Gasteiger partial charge in [-0.15, -0.1) is 0 Å². The number of nitrogen functional groups attached to an aromatic ring is 1. The number of para-hydroxylation sites is 1. The second-order valence-corrected chi connectivity index (χ2v) is 9.42. The molecule has 0 saturated carbocycles. The van der Waals surface area contributed by atoms with Crippen LogP contribution in [0.4, 0.5) is 11.5 Å². The lowest BCUT2D eigenvalue weighted by atomic mass is 9.86. The van der Waals surface area contributed by atoms with Gasteiger partial charge in [-0.05, 0) is 29.4 Å². The summed E-state index contributed by atoms with van der Waals surface area (Å²) in [7, 11) is 1.56. The third kappa shape index (κ3) is 6.71. The first-order chi connectivity index (χ1) is 15.5. The summed E-state index contributed by atoms with van der Waals surface area (Å²) in [5, 5.41) is 0. The number of carbonyl (C=O) groups excluding carboxylic acids is 1. The standard InChI is InChI=1S/C24H36N4O5/c1-16(2)14-28-21(25)20(22(30)26-23(28)31)27(12-9-13-32-6)19(29)15-33-18-11-8-7-10-17(18)24(3,4)5/h7-8,10-11,16H,9,12-15,25H2,1-6H3,(H,26,30,31). The number of aromatic amines is 1. The van der Waals surface area contributed by atoms with Crippen molar-refractivity contribution in [2.24, 2.45) is 5.92 Å². The van der Waals surface area contributed by atoms with Crippen molar-refractivity contribution in [1.29, 1.82) is 0 Å². The van der Waals surface area contributed by atoms with Crippen LogP contribution in [0.1, 0.15) is 46.6 Å². The summed E-state index contributed by atoms with van der Waals surface area (Å²) in [6.45, 7) is 10.6. The Kier molecular flexibility index (Phi) is 8.87. The number of methoxy groups -OCH3 is 1. The minimum Gasteiger partial charge on any atom is -0.483 e. The quantitative estimate of drug-likeness (QED) is 0.526. The average Bonchev–Trinajstić information content (AvgIpc) is 2.73. The summed E-state index contributed by atoms with van der Waals surface area (Å²) in [6.07, 6.45) is 0.475. The number of nitrogens with zero attached hydrogens (tertiary/aromatic N) is 2. The average molecular weight is 461 g/mol. The Morgan fingerprint density at radius 2 is 1.88 bits per heavy atom. The van der Waals surface area contributed by atoms with Gasteiger partial charge in [0.15, 0.2) is 12.3 Å². The van der Waals surface area contributed by atoms with E-state index in [1.165, 1.54) is 9.47 Å². The van der Waals surface area contributed by atoms with Crippen molar-refractivity contribution in [2.75, 3.05) is 37.5 Å². The van der Waals surface area contributed by atoms with Crippen LogP contribution < -0.4 is 26.6 Å². The molecule has 182 valence electrons. The summed E-state index contributed by atoms with van der Waals surface area (Å²) in [4.78, 5) is 41.9. The number of ether oxygens (including phenoxy) is 2. The number of rotatable bonds is 10. The normalized spacial score (nSPS) is 11.6. The van der Waals surface area contributed by atoms with Crippen molar-refractivity contribution in [3.63, 3.8) is 0 Å². The highest BCUT2D eigenvalue weighted by Crippen LogP contribution is 2.31. The molecule has 0 spiro atoms. The molecule has 2 aromatic rings. The van der Waals surface area contributed by atoms with Crippen molar-refractivity contribution in [3.05, 3.63) is 50.7 Å². The van der Waals surface area contributed by atoms with Gasteiger partial charge < -0.3 is 20.1 Å². The molecule has 3 N–H and O–H groups in total. The Bertz CT molecular complexity index is 1070. The largest absolute Gasteiger partial charge is 0.483 e. The highest BCUT2D eigenvalue weighted by molar-refractivity contribution is 5.96. The monoisotopic (exact) mass is 460 g/mol. The van der Waals surface area contributed by atoms with Gasteiger partial charge in [0.05, 0.1) is 0 Å². The summed E-state index contributed by atoms with van der Waals surface area (Å²) in [6, 6.07) is 7.54. The van der Waals surface area contributed by atoms with E-state index in [9.17, 15) is 14.4 Å². The van der Waals surface area contributed by atoms with E-state index in [1.807, 2.05) is 38.1 Å². The Balaban J connectivity index is 2.41. The van der Waals surface area contributed by atoms with E-state index in [0.717, 1.165) is 5.56 Å². The van der Waals surface area contributed by atoms with E-state index >= 15 is 0 Å². The third-order valence-corrected chi connectivity index (χ3v) is 5.11. The topological polar surface area (TPSA) is 120 Å². The van der Waals surface area contributed by atoms with E-state index in [-0.39, 0.29) is 36.0 Å². The Hall–Kier alpha value is -3.07. The summed E-state index contributed by atoms with van der Waals surface area (Å²) < 4.78 is 12.3. The lowest BCUT2D eigenvalue weighted by Crippen LogP contribution is -2.43. The minimum atomic E-state index is -0.710. The van der Waals surface area contributed by atoms with Gasteiger partial charge in [0.25, 0.3) is 11.5 Å². The van der Waals surface area contributed by atoms with Crippen LogP contribution in [0.5, 0.6) is 5.75 Å². The number of H-pyrrole nitrogens is 1. The molecule has 0 fully saturated rings. The Morgan fingerprint density at radius 3 is 2.48 bits per heavy atom. The molecule has 9 heteroatoms. The summed E-state index contributed by atoms with van der Waals surface area (Å²) in [5.41, 5.74) is 5.67. The molecule has 0 saturated heterocycles. The highest BCUT2D eigenvalue weighted by Gasteiger charge is 2.26. The van der Waals surface area contributed by atoms with E-state index in [1.54, 1.807) is 7.11 Å². The van der Waals surface area contributed by atoms with Crippen LogP contribution in [-0.2, 0) is 21.5 Å². The number of anilines is 2. The van der Waals surface area contributed by atoms with Gasteiger partial charge in [-0.1, -0.05) is 52.8 Å². The molecule has 9 nitrogen and oxygen atoms in total. The maximum Gasteiger partial charge on any atom is 0.330 e. The molecule has 2 rings (SSSR count). The van der Waals surface area contributed by atoms with Crippen molar-refractivity contribution in [3.8, 4) is 5.75 Å². The summed E-state index contributed by atoms with van der Waals surface area (Å²) >= 11 is 0. The number of hydrogen-bond acceptors (Lipinski definition) is 6. The minimum absolute atomic E-state index is 0.0432. The van der Waals surface area contributed by atoms with Crippen molar-refractivity contribution in [1.82, 2.24) is 9.55 Å². The van der Waals surface area contributed by atoms with Gasteiger partial charge >= 0.3 is 5.69 Å². The number of carbonyl (C=O) groups is 1. The predicted octanol–water partition coefficient (Wildman–Crippen LogP) is 2.52. The molecule has 0 aliphatic heterocycles. The first-order valence-corrected chi connectivity index (χ1v) is 11.1. The zero-order valence-electron chi connectivity index (χ0n) is 20.4. The molecule has 1 aromatic heterocycles. The van der Waals surface area contributed by atoms with Crippen molar-refractivity contribution >= 4 is 17.4 Å². The van der Waals surface area contributed by atoms with Gasteiger partial charge in [-0.2, -0.15) is 0 Å². The zero-order valence-corrected chi connectivity index (χ0v) is 20.4. The molecule has 0 aliphatic rings. The molecule has 1 heterocycles. The van der Waals surface area contributed by atoms with Gasteiger partial charge in [0.1, 0.15) is 11.6 Å². The van der Waals surface area contributed by atoms with Crippen LogP contribution in [0.25, 0.3) is 0 Å². The predicted molar refractivity (Wildman–Crippen MR) is 130 cm³/mol. The molecule has 1 amide bonds. The van der Waals surface area contributed by atoms with Crippen LogP contribution >= 0.6 is 0 Å². The molecule has 1 aromatic carbocycles.